The van der Waals surface area contributed by atoms with E-state index in [-0.39, 0.29) is 0 Å². The van der Waals surface area contributed by atoms with E-state index < -0.39 is 0 Å². The normalized spacial score (nSPS) is 12.3. The highest BCUT2D eigenvalue weighted by Crippen LogP contribution is 2.20. The van der Waals surface area contributed by atoms with E-state index >= 15 is 0 Å². The molecule has 2 heteroatoms. The Bertz CT molecular complexity index is 367. The third kappa shape index (κ3) is 3.47. The number of rotatable bonds is 3. The zero-order valence-corrected chi connectivity index (χ0v) is 11.1. The highest BCUT2D eigenvalue weighted by molar-refractivity contribution is 9.10. The number of hydrogen-bond donors (Lipinski definition) is 1. The maximum absolute atomic E-state index is 5.71. The highest BCUT2D eigenvalue weighted by Gasteiger charge is 2.01. The lowest BCUT2D eigenvalue weighted by atomic mass is 10.00. The van der Waals surface area contributed by atoms with Gasteiger partial charge in [-0.2, -0.15) is 0 Å². The molecule has 0 amide bonds. The summed E-state index contributed by atoms with van der Waals surface area (Å²) in [6.07, 6.45) is 2.18. The summed E-state index contributed by atoms with van der Waals surface area (Å²) >= 11 is 3.50. The summed E-state index contributed by atoms with van der Waals surface area (Å²) in [5.74, 6) is 0.513. The van der Waals surface area contributed by atoms with E-state index in [2.05, 4.69) is 61.0 Å². The first-order valence-corrected chi connectivity index (χ1v) is 6.00. The fourth-order valence-corrected chi connectivity index (χ4v) is 1.68. The molecule has 0 atom stereocenters. The number of benzene rings is 1. The number of halogens is 1. The van der Waals surface area contributed by atoms with Crippen molar-refractivity contribution in [1.29, 1.82) is 0 Å². The predicted octanol–water partition coefficient (Wildman–Crippen LogP) is 3.76. The van der Waals surface area contributed by atoms with Crippen LogP contribution in [0.1, 0.15) is 25.0 Å². The zero-order chi connectivity index (χ0) is 11.4. The minimum absolute atomic E-state index is 0.513. The van der Waals surface area contributed by atoms with Crippen molar-refractivity contribution in [3.8, 4) is 0 Å². The first kappa shape index (κ1) is 12.5. The van der Waals surface area contributed by atoms with Crippen molar-refractivity contribution in [3.63, 3.8) is 0 Å². The van der Waals surface area contributed by atoms with Crippen LogP contribution in [0.25, 0.3) is 6.08 Å². The monoisotopic (exact) mass is 267 g/mol. The highest BCUT2D eigenvalue weighted by atomic mass is 79.9. The van der Waals surface area contributed by atoms with E-state index in [0.717, 1.165) is 4.47 Å². The summed E-state index contributed by atoms with van der Waals surface area (Å²) in [7, 11) is 0. The molecule has 0 spiro atoms. The van der Waals surface area contributed by atoms with Gasteiger partial charge in [0, 0.05) is 11.0 Å². The lowest BCUT2D eigenvalue weighted by Gasteiger charge is -2.09. The predicted molar refractivity (Wildman–Crippen MR) is 70.7 cm³/mol. The molecule has 82 valence electrons. The van der Waals surface area contributed by atoms with Gasteiger partial charge in [-0.3, -0.25) is 0 Å². The van der Waals surface area contributed by atoms with Gasteiger partial charge in [-0.25, -0.2) is 0 Å². The van der Waals surface area contributed by atoms with E-state index in [0.29, 0.717) is 12.5 Å². The summed E-state index contributed by atoms with van der Waals surface area (Å²) in [4.78, 5) is 0. The Morgan fingerprint density at radius 1 is 1.47 bits per heavy atom. The van der Waals surface area contributed by atoms with Crippen molar-refractivity contribution in [2.75, 3.05) is 6.54 Å². The molecule has 1 aromatic rings. The lowest BCUT2D eigenvalue weighted by molar-refractivity contribution is 0.752. The molecule has 0 aliphatic heterocycles. The summed E-state index contributed by atoms with van der Waals surface area (Å²) < 4.78 is 1.15. The van der Waals surface area contributed by atoms with Crippen LogP contribution in [-0.4, -0.2) is 6.54 Å². The van der Waals surface area contributed by atoms with E-state index in [1.165, 1.54) is 16.7 Å². The van der Waals surface area contributed by atoms with Gasteiger partial charge in [-0.15, -0.1) is 0 Å². The second kappa shape index (κ2) is 5.47. The van der Waals surface area contributed by atoms with Gasteiger partial charge in [0.1, 0.15) is 0 Å². The zero-order valence-electron chi connectivity index (χ0n) is 9.55. The molecule has 0 aliphatic rings. The van der Waals surface area contributed by atoms with Crippen LogP contribution in [0, 0.1) is 12.8 Å². The fourth-order valence-electron chi connectivity index (χ4n) is 1.43. The molecule has 0 aliphatic carbocycles. The van der Waals surface area contributed by atoms with Crippen LogP contribution >= 0.6 is 15.9 Å². The Kier molecular flexibility index (Phi) is 4.55. The van der Waals surface area contributed by atoms with Gasteiger partial charge in [-0.05, 0) is 30.0 Å². The van der Waals surface area contributed by atoms with Gasteiger partial charge < -0.3 is 5.73 Å². The SMILES string of the molecule is Cc1cc(C=C(CN)C(C)C)ccc1Br. The van der Waals surface area contributed by atoms with Crippen molar-refractivity contribution in [2.45, 2.75) is 20.8 Å². The topological polar surface area (TPSA) is 26.0 Å². The molecule has 1 aromatic carbocycles. The summed E-state index contributed by atoms with van der Waals surface area (Å²) in [5.41, 5.74) is 9.48. The van der Waals surface area contributed by atoms with E-state index in [1.54, 1.807) is 0 Å². The van der Waals surface area contributed by atoms with Crippen LogP contribution in [0.5, 0.6) is 0 Å². The molecule has 0 saturated heterocycles. The van der Waals surface area contributed by atoms with Crippen molar-refractivity contribution < 1.29 is 0 Å². The quantitative estimate of drug-likeness (QED) is 0.887. The van der Waals surface area contributed by atoms with Gasteiger partial charge in [-0.1, -0.05) is 53.6 Å². The minimum Gasteiger partial charge on any atom is -0.327 e. The van der Waals surface area contributed by atoms with Crippen molar-refractivity contribution in [1.82, 2.24) is 0 Å². The van der Waals surface area contributed by atoms with Crippen LogP contribution in [0.4, 0.5) is 0 Å². The van der Waals surface area contributed by atoms with Crippen LogP contribution in [0.2, 0.25) is 0 Å². The van der Waals surface area contributed by atoms with Crippen LogP contribution in [-0.2, 0) is 0 Å². The van der Waals surface area contributed by atoms with E-state index in [9.17, 15) is 0 Å². The van der Waals surface area contributed by atoms with Crippen LogP contribution < -0.4 is 5.73 Å². The lowest BCUT2D eigenvalue weighted by Crippen LogP contribution is -2.08. The molecule has 0 bridgehead atoms. The van der Waals surface area contributed by atoms with Gasteiger partial charge in [0.15, 0.2) is 0 Å². The maximum atomic E-state index is 5.71. The molecule has 0 heterocycles. The second-order valence-corrected chi connectivity index (χ2v) is 4.94. The molecule has 0 fully saturated rings. The van der Waals surface area contributed by atoms with Gasteiger partial charge in [0.25, 0.3) is 0 Å². The van der Waals surface area contributed by atoms with Crippen molar-refractivity contribution >= 4 is 22.0 Å². The summed E-state index contributed by atoms with van der Waals surface area (Å²) in [5, 5.41) is 0. The Morgan fingerprint density at radius 3 is 2.60 bits per heavy atom. The molecule has 1 nitrogen and oxygen atoms in total. The van der Waals surface area contributed by atoms with Crippen LogP contribution in [0.3, 0.4) is 0 Å². The summed E-state index contributed by atoms with van der Waals surface area (Å²) in [6.45, 7) is 7.07. The van der Waals surface area contributed by atoms with E-state index in [4.69, 9.17) is 5.73 Å². The fraction of sp³-hybridized carbons (Fsp3) is 0.385. The first-order valence-electron chi connectivity index (χ1n) is 5.21. The molecular weight excluding hydrogens is 250 g/mol. The Hall–Kier alpha value is -0.600. The smallest absolute Gasteiger partial charge is 0.0204 e. The second-order valence-electron chi connectivity index (χ2n) is 4.09. The van der Waals surface area contributed by atoms with Gasteiger partial charge in [0.05, 0.1) is 0 Å². The Labute approximate surface area is 101 Å². The van der Waals surface area contributed by atoms with E-state index in [1.807, 2.05) is 0 Å². The molecule has 0 saturated carbocycles. The maximum Gasteiger partial charge on any atom is 0.0204 e. The molecule has 15 heavy (non-hydrogen) atoms. The average molecular weight is 268 g/mol. The summed E-state index contributed by atoms with van der Waals surface area (Å²) in [6, 6.07) is 6.35. The Morgan fingerprint density at radius 2 is 2.13 bits per heavy atom. The minimum atomic E-state index is 0.513. The molecular formula is C13H18BrN. The first-order chi connectivity index (χ1) is 7.04. The van der Waals surface area contributed by atoms with Crippen molar-refractivity contribution in [3.05, 3.63) is 39.4 Å². The molecule has 2 N–H and O–H groups in total. The largest absolute Gasteiger partial charge is 0.327 e. The Balaban J connectivity index is 3.01. The average Bonchev–Trinajstić information content (AvgIpc) is 2.19. The molecule has 0 unspecified atom stereocenters. The van der Waals surface area contributed by atoms with Gasteiger partial charge >= 0.3 is 0 Å². The third-order valence-electron chi connectivity index (χ3n) is 2.51. The van der Waals surface area contributed by atoms with Crippen LogP contribution in [0.15, 0.2) is 28.2 Å². The number of aryl methyl sites for hydroxylation is 1. The number of nitrogens with two attached hydrogens (primary N) is 1. The van der Waals surface area contributed by atoms with Gasteiger partial charge in [0.2, 0.25) is 0 Å². The number of hydrogen-bond acceptors (Lipinski definition) is 1. The molecule has 0 aromatic heterocycles. The third-order valence-corrected chi connectivity index (χ3v) is 3.40. The molecule has 0 radical (unpaired) electrons. The standard InChI is InChI=1S/C13H18BrN/c1-9(2)12(8-15)7-11-4-5-13(14)10(3)6-11/h4-7,9H,8,15H2,1-3H3. The molecule has 1 rings (SSSR count). The van der Waals surface area contributed by atoms with Crippen molar-refractivity contribution in [2.24, 2.45) is 11.7 Å².